The Labute approximate surface area is 239 Å². The molecule has 3 rings (SSSR count). The van der Waals surface area contributed by atoms with E-state index in [0.29, 0.717) is 49.4 Å². The normalized spacial score (nSPS) is 19.5. The number of benzene rings is 1. The van der Waals surface area contributed by atoms with Crippen molar-refractivity contribution in [1.82, 2.24) is 20.9 Å². The van der Waals surface area contributed by atoms with Crippen LogP contribution in [0.15, 0.2) is 24.3 Å². The van der Waals surface area contributed by atoms with Gasteiger partial charge in [-0.3, -0.25) is 14.4 Å². The molecule has 1 aromatic rings. The summed E-state index contributed by atoms with van der Waals surface area (Å²) in [6, 6.07) is 4.82. The molecule has 0 radical (unpaired) electrons. The molecule has 11 nitrogen and oxygen atoms in total. The van der Waals surface area contributed by atoms with Crippen LogP contribution in [0.25, 0.3) is 0 Å². The summed E-state index contributed by atoms with van der Waals surface area (Å²) in [7, 11) is 1.21. The first kappa shape index (κ1) is 31.2. The second-order valence-corrected chi connectivity index (χ2v) is 11.5. The van der Waals surface area contributed by atoms with Gasteiger partial charge in [-0.2, -0.15) is 0 Å². The minimum absolute atomic E-state index is 0.00194. The number of piperidine rings is 1. The largest absolute Gasteiger partial charge is 0.467 e. The molecule has 2 heterocycles. The maximum absolute atomic E-state index is 13.3. The van der Waals surface area contributed by atoms with E-state index < -0.39 is 41.5 Å². The lowest BCUT2D eigenvalue weighted by atomic mass is 9.82. The molecule has 4 amide bonds. The summed E-state index contributed by atoms with van der Waals surface area (Å²) in [6.45, 7) is 6.40. The first-order valence-electron chi connectivity index (χ1n) is 13.5. The Morgan fingerprint density at radius 3 is 2.45 bits per heavy atom. The van der Waals surface area contributed by atoms with Crippen LogP contribution in [0.2, 0.25) is 5.02 Å². The Hall–Kier alpha value is -3.34. The van der Waals surface area contributed by atoms with E-state index in [1.54, 1.807) is 29.2 Å². The highest BCUT2D eigenvalue weighted by molar-refractivity contribution is 6.30. The quantitative estimate of drug-likeness (QED) is 0.362. The average Bonchev–Trinajstić information content (AvgIpc) is 3.19. The fourth-order valence-corrected chi connectivity index (χ4v) is 5.54. The summed E-state index contributed by atoms with van der Waals surface area (Å²) in [6.07, 6.45) is 1.31. The molecule has 3 atom stereocenters. The van der Waals surface area contributed by atoms with Crippen molar-refractivity contribution in [3.8, 4) is 0 Å². The zero-order valence-electron chi connectivity index (χ0n) is 23.5. The Morgan fingerprint density at radius 2 is 1.85 bits per heavy atom. The molecule has 2 saturated heterocycles. The number of hydrogen-bond donors (Lipinski definition) is 3. The van der Waals surface area contributed by atoms with Crippen molar-refractivity contribution < 1.29 is 33.4 Å². The van der Waals surface area contributed by atoms with E-state index in [0.717, 1.165) is 0 Å². The molecule has 40 heavy (non-hydrogen) atoms. The first-order valence-corrected chi connectivity index (χ1v) is 13.9. The van der Waals surface area contributed by atoms with Gasteiger partial charge in [-0.05, 0) is 55.7 Å². The van der Waals surface area contributed by atoms with Gasteiger partial charge in [0.25, 0.3) is 0 Å². The van der Waals surface area contributed by atoms with Gasteiger partial charge in [0.15, 0.2) is 0 Å². The molecule has 0 aromatic heterocycles. The third kappa shape index (κ3) is 8.58. The predicted octanol–water partition coefficient (Wildman–Crippen LogP) is 2.55. The second-order valence-electron chi connectivity index (χ2n) is 11.0. The molecule has 0 bridgehead atoms. The SMILES string of the molecule is COC(=O)C(CC1CC2(CCN(C(C)=O)CC2)NC1=O)NC(=O)C(CC(C)C)NC(=O)OCc1cccc(Cl)c1. The van der Waals surface area contributed by atoms with Gasteiger partial charge in [0, 0.05) is 36.5 Å². The molecular weight excluding hydrogens is 540 g/mol. The maximum atomic E-state index is 13.3. The third-order valence-corrected chi connectivity index (χ3v) is 7.69. The molecule has 2 fully saturated rings. The standard InChI is InChI=1S/C28H39ClN4O7/c1-17(2)12-22(31-27(38)40-16-19-6-5-7-21(29)13-19)25(36)30-23(26(37)39-4)14-20-15-28(32-24(20)35)8-10-33(11-9-28)18(3)34/h5-7,13,17,20,22-23H,8-12,14-16H2,1-4H3,(H,30,36)(H,31,38)(H,32,35). The van der Waals surface area contributed by atoms with Crippen molar-refractivity contribution in [1.29, 1.82) is 0 Å². The van der Waals surface area contributed by atoms with Crippen LogP contribution in [0, 0.1) is 11.8 Å². The van der Waals surface area contributed by atoms with Crippen LogP contribution in [0.4, 0.5) is 4.79 Å². The van der Waals surface area contributed by atoms with E-state index in [1.165, 1.54) is 14.0 Å². The molecule has 0 aliphatic carbocycles. The highest BCUT2D eigenvalue weighted by Gasteiger charge is 2.47. The first-order chi connectivity index (χ1) is 18.9. The number of esters is 1. The van der Waals surface area contributed by atoms with E-state index in [1.807, 2.05) is 13.8 Å². The third-order valence-electron chi connectivity index (χ3n) is 7.46. The van der Waals surface area contributed by atoms with Crippen molar-refractivity contribution in [2.45, 2.75) is 77.1 Å². The number of nitrogens with zero attached hydrogens (tertiary/aromatic N) is 1. The van der Waals surface area contributed by atoms with Gasteiger partial charge in [0.05, 0.1) is 7.11 Å². The number of methoxy groups -OCH3 is 1. The summed E-state index contributed by atoms with van der Waals surface area (Å²) in [5.74, 6) is -1.93. The van der Waals surface area contributed by atoms with Gasteiger partial charge in [0.1, 0.15) is 18.7 Å². The predicted molar refractivity (Wildman–Crippen MR) is 147 cm³/mol. The summed E-state index contributed by atoms with van der Waals surface area (Å²) < 4.78 is 10.2. The lowest BCUT2D eigenvalue weighted by Crippen LogP contribution is -2.53. The van der Waals surface area contributed by atoms with Crippen molar-refractivity contribution in [2.75, 3.05) is 20.2 Å². The van der Waals surface area contributed by atoms with E-state index in [4.69, 9.17) is 21.1 Å². The Bertz CT molecular complexity index is 1100. The number of alkyl carbamates (subject to hydrolysis) is 1. The minimum Gasteiger partial charge on any atom is -0.467 e. The van der Waals surface area contributed by atoms with Crippen molar-refractivity contribution in [2.24, 2.45) is 11.8 Å². The van der Waals surface area contributed by atoms with Crippen LogP contribution >= 0.6 is 11.6 Å². The van der Waals surface area contributed by atoms with Crippen molar-refractivity contribution in [3.05, 3.63) is 34.9 Å². The van der Waals surface area contributed by atoms with Crippen LogP contribution < -0.4 is 16.0 Å². The fourth-order valence-electron chi connectivity index (χ4n) is 5.32. The van der Waals surface area contributed by atoms with Gasteiger partial charge in [-0.15, -0.1) is 0 Å². The van der Waals surface area contributed by atoms with Crippen molar-refractivity contribution >= 4 is 41.4 Å². The topological polar surface area (TPSA) is 143 Å². The molecule has 1 aromatic carbocycles. The summed E-state index contributed by atoms with van der Waals surface area (Å²) in [5, 5.41) is 8.86. The molecular formula is C28H39ClN4O7. The fraction of sp³-hybridized carbons (Fsp3) is 0.607. The summed E-state index contributed by atoms with van der Waals surface area (Å²) >= 11 is 5.97. The van der Waals surface area contributed by atoms with Crippen LogP contribution in [-0.2, 0) is 35.3 Å². The van der Waals surface area contributed by atoms with E-state index in [2.05, 4.69) is 16.0 Å². The molecule has 2 aliphatic rings. The monoisotopic (exact) mass is 578 g/mol. The molecule has 0 saturated carbocycles. The van der Waals surface area contributed by atoms with Crippen LogP contribution in [0.5, 0.6) is 0 Å². The van der Waals surface area contributed by atoms with Crippen molar-refractivity contribution in [3.63, 3.8) is 0 Å². The molecule has 1 spiro atoms. The highest BCUT2D eigenvalue weighted by atomic mass is 35.5. The highest BCUT2D eigenvalue weighted by Crippen LogP contribution is 2.36. The Morgan fingerprint density at radius 1 is 1.15 bits per heavy atom. The lowest BCUT2D eigenvalue weighted by Gasteiger charge is -2.39. The van der Waals surface area contributed by atoms with Crippen LogP contribution in [0.1, 0.15) is 58.4 Å². The van der Waals surface area contributed by atoms with Gasteiger partial charge >= 0.3 is 12.1 Å². The number of halogens is 1. The average molecular weight is 579 g/mol. The maximum Gasteiger partial charge on any atom is 0.408 e. The smallest absolute Gasteiger partial charge is 0.408 e. The van der Waals surface area contributed by atoms with Crippen LogP contribution in [-0.4, -0.2) is 72.5 Å². The molecule has 3 N–H and O–H groups in total. The molecule has 2 aliphatic heterocycles. The minimum atomic E-state index is -1.08. The number of ether oxygens (including phenoxy) is 2. The Balaban J connectivity index is 1.62. The van der Waals surface area contributed by atoms with E-state index >= 15 is 0 Å². The molecule has 3 unspecified atom stereocenters. The molecule has 220 valence electrons. The van der Waals surface area contributed by atoms with Gasteiger partial charge in [-0.1, -0.05) is 37.6 Å². The molecule has 12 heteroatoms. The summed E-state index contributed by atoms with van der Waals surface area (Å²) in [4.78, 5) is 64.8. The number of likely N-dealkylation sites (tertiary alicyclic amines) is 1. The number of amides is 4. The van der Waals surface area contributed by atoms with Gasteiger partial charge in [0.2, 0.25) is 17.7 Å². The van der Waals surface area contributed by atoms with Gasteiger partial charge < -0.3 is 30.3 Å². The number of hydrogen-bond acceptors (Lipinski definition) is 7. The Kier molecular flexibility index (Phi) is 10.8. The number of carbonyl (C=O) groups excluding carboxylic acids is 5. The second kappa shape index (κ2) is 13.8. The number of nitrogens with one attached hydrogen (secondary N) is 3. The zero-order chi connectivity index (χ0) is 29.4. The van der Waals surface area contributed by atoms with E-state index in [-0.39, 0.29) is 30.8 Å². The number of carbonyl (C=O) groups is 5. The van der Waals surface area contributed by atoms with Gasteiger partial charge in [-0.25, -0.2) is 9.59 Å². The van der Waals surface area contributed by atoms with E-state index in [9.17, 15) is 24.0 Å². The summed E-state index contributed by atoms with van der Waals surface area (Å²) in [5.41, 5.74) is 0.255. The number of rotatable bonds is 10. The van der Waals surface area contributed by atoms with Crippen LogP contribution in [0.3, 0.4) is 0 Å². The lowest BCUT2D eigenvalue weighted by molar-refractivity contribution is -0.146. The zero-order valence-corrected chi connectivity index (χ0v) is 24.2.